The zero-order chi connectivity index (χ0) is 16.5. The maximum absolute atomic E-state index is 12.6. The fraction of sp³-hybridized carbons (Fsp3) is 0.250. The van der Waals surface area contributed by atoms with Crippen LogP contribution in [0.1, 0.15) is 16.7 Å². The largest absolute Gasteiger partial charge is 0.496 e. The summed E-state index contributed by atoms with van der Waals surface area (Å²) < 4.78 is 33.1. The van der Waals surface area contributed by atoms with Crippen LogP contribution in [0.15, 0.2) is 35.2 Å². The monoisotopic (exact) mass is 339 g/mol. The molecule has 4 nitrogen and oxygen atoms in total. The lowest BCUT2D eigenvalue weighted by molar-refractivity contribution is 0.411. The van der Waals surface area contributed by atoms with Crippen molar-refractivity contribution in [3.63, 3.8) is 0 Å². The van der Waals surface area contributed by atoms with Gasteiger partial charge in [-0.1, -0.05) is 11.6 Å². The average molecular weight is 340 g/mol. The van der Waals surface area contributed by atoms with Crippen molar-refractivity contribution in [3.05, 3.63) is 52.0 Å². The summed E-state index contributed by atoms with van der Waals surface area (Å²) in [5, 5.41) is 0.567. The Morgan fingerprint density at radius 2 is 1.68 bits per heavy atom. The summed E-state index contributed by atoms with van der Waals surface area (Å²) in [5.74, 6) is 0.666. The minimum Gasteiger partial charge on any atom is -0.496 e. The van der Waals surface area contributed by atoms with Crippen molar-refractivity contribution < 1.29 is 13.2 Å². The Hall–Kier alpha value is -1.72. The van der Waals surface area contributed by atoms with E-state index in [9.17, 15) is 8.42 Å². The number of methoxy groups -OCH3 is 1. The second-order valence-electron chi connectivity index (χ2n) is 5.15. The van der Waals surface area contributed by atoms with Crippen molar-refractivity contribution in [2.75, 3.05) is 11.8 Å². The van der Waals surface area contributed by atoms with Crippen LogP contribution >= 0.6 is 11.6 Å². The predicted molar refractivity (Wildman–Crippen MR) is 89.5 cm³/mol. The fourth-order valence-corrected chi connectivity index (χ4v) is 3.88. The number of hydrogen-bond acceptors (Lipinski definition) is 3. The predicted octanol–water partition coefficient (Wildman–Crippen LogP) is 4.07. The Bertz CT molecular complexity index is 816. The van der Waals surface area contributed by atoms with Gasteiger partial charge in [-0.05, 0) is 67.8 Å². The van der Waals surface area contributed by atoms with Gasteiger partial charge < -0.3 is 4.74 Å². The fourth-order valence-electron chi connectivity index (χ4n) is 2.21. The molecule has 0 spiro atoms. The highest BCUT2D eigenvalue weighted by Gasteiger charge is 2.19. The molecule has 2 aromatic rings. The Morgan fingerprint density at radius 3 is 2.27 bits per heavy atom. The number of benzene rings is 2. The minimum absolute atomic E-state index is 0.236. The molecule has 0 radical (unpaired) electrons. The molecule has 0 bridgehead atoms. The molecule has 0 unspecified atom stereocenters. The molecule has 22 heavy (non-hydrogen) atoms. The topological polar surface area (TPSA) is 55.4 Å². The smallest absolute Gasteiger partial charge is 0.262 e. The van der Waals surface area contributed by atoms with Crippen LogP contribution in [0.3, 0.4) is 0 Å². The van der Waals surface area contributed by atoms with Gasteiger partial charge in [0.05, 0.1) is 17.7 Å². The number of rotatable bonds is 4. The van der Waals surface area contributed by atoms with Crippen LogP contribution in [0.2, 0.25) is 5.02 Å². The summed E-state index contributed by atoms with van der Waals surface area (Å²) in [7, 11) is -2.11. The molecule has 0 amide bonds. The zero-order valence-corrected chi connectivity index (χ0v) is 14.5. The van der Waals surface area contributed by atoms with E-state index < -0.39 is 10.0 Å². The molecular formula is C16H18ClNO3S. The van der Waals surface area contributed by atoms with Crippen LogP contribution in [0.25, 0.3) is 0 Å². The van der Waals surface area contributed by atoms with E-state index in [2.05, 4.69) is 4.72 Å². The van der Waals surface area contributed by atoms with Crippen molar-refractivity contribution >= 4 is 27.3 Å². The molecule has 118 valence electrons. The maximum atomic E-state index is 12.6. The molecule has 1 N–H and O–H groups in total. The highest BCUT2D eigenvalue weighted by Crippen LogP contribution is 2.28. The number of halogens is 1. The summed E-state index contributed by atoms with van der Waals surface area (Å²) in [6.07, 6.45) is 0. The Kier molecular flexibility index (Phi) is 4.68. The number of sulfonamides is 1. The van der Waals surface area contributed by atoms with E-state index in [0.29, 0.717) is 22.0 Å². The number of aryl methyl sites for hydroxylation is 3. The quantitative estimate of drug-likeness (QED) is 0.913. The van der Waals surface area contributed by atoms with E-state index in [1.165, 1.54) is 0 Å². The van der Waals surface area contributed by atoms with Crippen LogP contribution in [0.5, 0.6) is 5.75 Å². The summed E-state index contributed by atoms with van der Waals surface area (Å²) in [4.78, 5) is 0.236. The van der Waals surface area contributed by atoms with Crippen LogP contribution in [0.4, 0.5) is 5.69 Å². The van der Waals surface area contributed by atoms with E-state index in [4.69, 9.17) is 16.3 Å². The Morgan fingerprint density at radius 1 is 1.00 bits per heavy atom. The molecular weight excluding hydrogens is 322 g/mol. The normalized spacial score (nSPS) is 11.3. The zero-order valence-electron chi connectivity index (χ0n) is 12.9. The van der Waals surface area contributed by atoms with Gasteiger partial charge >= 0.3 is 0 Å². The lowest BCUT2D eigenvalue weighted by Gasteiger charge is -2.14. The van der Waals surface area contributed by atoms with Crippen LogP contribution in [-0.4, -0.2) is 15.5 Å². The molecule has 0 aliphatic carbocycles. The van der Waals surface area contributed by atoms with Gasteiger partial charge in [0.2, 0.25) is 0 Å². The van der Waals surface area contributed by atoms with Crippen molar-refractivity contribution in [3.8, 4) is 5.75 Å². The molecule has 0 heterocycles. The van der Waals surface area contributed by atoms with Gasteiger partial charge in [0, 0.05) is 5.02 Å². The first-order valence-corrected chi connectivity index (χ1v) is 8.55. The summed E-state index contributed by atoms with van der Waals surface area (Å²) in [6.45, 7) is 5.35. The highest BCUT2D eigenvalue weighted by atomic mass is 35.5. The number of nitrogens with one attached hydrogen (secondary N) is 1. The molecule has 6 heteroatoms. The van der Waals surface area contributed by atoms with Gasteiger partial charge in [0.25, 0.3) is 10.0 Å². The number of anilines is 1. The van der Waals surface area contributed by atoms with Crippen LogP contribution < -0.4 is 9.46 Å². The summed E-state index contributed by atoms with van der Waals surface area (Å²) >= 11 is 5.89. The first-order chi connectivity index (χ1) is 10.2. The maximum Gasteiger partial charge on any atom is 0.262 e. The molecule has 0 atom stereocenters. The average Bonchev–Trinajstić information content (AvgIpc) is 2.43. The minimum atomic E-state index is -3.68. The summed E-state index contributed by atoms with van der Waals surface area (Å²) in [5.41, 5.74) is 2.67. The van der Waals surface area contributed by atoms with Gasteiger partial charge in [0.15, 0.2) is 0 Å². The lowest BCUT2D eigenvalue weighted by Crippen LogP contribution is -2.15. The summed E-state index contributed by atoms with van der Waals surface area (Å²) in [6, 6.07) is 8.35. The third kappa shape index (κ3) is 3.36. The highest BCUT2D eigenvalue weighted by molar-refractivity contribution is 7.92. The standard InChI is InChI=1S/C16H18ClNO3S/c1-10-7-13(17)5-6-14(10)18-22(19,20)16-9-11(2)15(21-4)8-12(16)3/h5-9,18H,1-4H3. The van der Waals surface area contributed by atoms with E-state index in [0.717, 1.165) is 11.1 Å². The number of hydrogen-bond donors (Lipinski definition) is 1. The van der Waals surface area contributed by atoms with Gasteiger partial charge in [-0.3, -0.25) is 4.72 Å². The molecule has 0 aromatic heterocycles. The van der Waals surface area contributed by atoms with E-state index in [1.54, 1.807) is 51.3 Å². The van der Waals surface area contributed by atoms with Crippen LogP contribution in [-0.2, 0) is 10.0 Å². The SMILES string of the molecule is COc1cc(C)c(S(=O)(=O)Nc2ccc(Cl)cc2C)cc1C. The molecule has 0 saturated heterocycles. The Balaban J connectivity index is 2.45. The van der Waals surface area contributed by atoms with Crippen LogP contribution in [0, 0.1) is 20.8 Å². The third-order valence-electron chi connectivity index (χ3n) is 3.41. The van der Waals surface area contributed by atoms with Gasteiger partial charge in [0.1, 0.15) is 5.75 Å². The second-order valence-corrected chi connectivity index (χ2v) is 7.24. The molecule has 0 aliphatic heterocycles. The first-order valence-electron chi connectivity index (χ1n) is 6.69. The molecule has 2 rings (SSSR count). The molecule has 2 aromatic carbocycles. The lowest BCUT2D eigenvalue weighted by atomic mass is 10.1. The molecule has 0 saturated carbocycles. The number of ether oxygens (including phenoxy) is 1. The van der Waals surface area contributed by atoms with Gasteiger partial charge in [-0.2, -0.15) is 0 Å². The van der Waals surface area contributed by atoms with Crippen molar-refractivity contribution in [1.29, 1.82) is 0 Å². The second kappa shape index (κ2) is 6.18. The first kappa shape index (κ1) is 16.6. The Labute approximate surface area is 136 Å². The molecule has 0 fully saturated rings. The van der Waals surface area contributed by atoms with Gasteiger partial charge in [-0.15, -0.1) is 0 Å². The van der Waals surface area contributed by atoms with Crippen molar-refractivity contribution in [2.24, 2.45) is 0 Å². The molecule has 0 aliphatic rings. The third-order valence-corrected chi connectivity index (χ3v) is 5.16. The van der Waals surface area contributed by atoms with E-state index in [1.807, 2.05) is 6.92 Å². The van der Waals surface area contributed by atoms with Crippen molar-refractivity contribution in [1.82, 2.24) is 0 Å². The van der Waals surface area contributed by atoms with E-state index >= 15 is 0 Å². The van der Waals surface area contributed by atoms with Gasteiger partial charge in [-0.25, -0.2) is 8.42 Å². The van der Waals surface area contributed by atoms with Crippen molar-refractivity contribution in [2.45, 2.75) is 25.7 Å². The van der Waals surface area contributed by atoms with E-state index in [-0.39, 0.29) is 4.90 Å².